The van der Waals surface area contributed by atoms with E-state index in [-0.39, 0.29) is 11.7 Å². The van der Waals surface area contributed by atoms with Crippen LogP contribution in [0, 0.1) is 5.82 Å². The summed E-state index contributed by atoms with van der Waals surface area (Å²) < 4.78 is 18.6. The SMILES string of the molecule is COCCCNC(=O)c1cc(-c2cccs2)nc2ccc(F)cc12. The predicted molar refractivity (Wildman–Crippen MR) is 93.8 cm³/mol. The van der Waals surface area contributed by atoms with Crippen LogP contribution >= 0.6 is 11.3 Å². The fraction of sp³-hybridized carbons (Fsp3) is 0.222. The van der Waals surface area contributed by atoms with Gasteiger partial charge in [-0.1, -0.05) is 6.07 Å². The second-order valence-corrected chi connectivity index (χ2v) is 6.24. The van der Waals surface area contributed by atoms with Crippen LogP contribution in [0.4, 0.5) is 4.39 Å². The zero-order chi connectivity index (χ0) is 16.9. The molecule has 0 bridgehead atoms. The Balaban J connectivity index is 2.00. The lowest BCUT2D eigenvalue weighted by Crippen LogP contribution is -2.25. The van der Waals surface area contributed by atoms with Gasteiger partial charge >= 0.3 is 0 Å². The normalized spacial score (nSPS) is 10.9. The summed E-state index contributed by atoms with van der Waals surface area (Å²) in [6.45, 7) is 1.08. The number of benzene rings is 1. The van der Waals surface area contributed by atoms with Crippen molar-refractivity contribution in [3.8, 4) is 10.6 Å². The molecule has 1 aromatic carbocycles. The number of thiophene rings is 1. The van der Waals surface area contributed by atoms with Crippen molar-refractivity contribution >= 4 is 28.1 Å². The molecule has 0 aliphatic rings. The van der Waals surface area contributed by atoms with E-state index < -0.39 is 0 Å². The molecule has 1 amide bonds. The number of rotatable bonds is 6. The van der Waals surface area contributed by atoms with Crippen molar-refractivity contribution < 1.29 is 13.9 Å². The zero-order valence-corrected chi connectivity index (χ0v) is 14.0. The van der Waals surface area contributed by atoms with Crippen LogP contribution in [0.3, 0.4) is 0 Å². The van der Waals surface area contributed by atoms with Crippen LogP contribution < -0.4 is 5.32 Å². The molecule has 0 saturated heterocycles. The monoisotopic (exact) mass is 344 g/mol. The van der Waals surface area contributed by atoms with Crippen molar-refractivity contribution in [1.29, 1.82) is 0 Å². The number of nitrogens with zero attached hydrogens (tertiary/aromatic N) is 1. The largest absolute Gasteiger partial charge is 0.385 e. The topological polar surface area (TPSA) is 51.2 Å². The molecule has 0 spiro atoms. The van der Waals surface area contributed by atoms with Gasteiger partial charge in [0.2, 0.25) is 0 Å². The number of aromatic nitrogens is 1. The summed E-state index contributed by atoms with van der Waals surface area (Å²) in [5.41, 5.74) is 1.75. The van der Waals surface area contributed by atoms with Crippen molar-refractivity contribution in [1.82, 2.24) is 10.3 Å². The lowest BCUT2D eigenvalue weighted by atomic mass is 10.1. The molecule has 3 aromatic rings. The molecule has 0 aliphatic carbocycles. The average molecular weight is 344 g/mol. The zero-order valence-electron chi connectivity index (χ0n) is 13.2. The summed E-state index contributed by atoms with van der Waals surface area (Å²) >= 11 is 1.55. The standard InChI is InChI=1S/C18H17FN2O2S/c1-23-8-3-7-20-18(22)14-11-16(17-4-2-9-24-17)21-15-6-5-12(19)10-13(14)15/h2,4-6,9-11H,3,7-8H2,1H3,(H,20,22). The van der Waals surface area contributed by atoms with Crippen molar-refractivity contribution in [3.05, 3.63) is 53.2 Å². The number of carbonyl (C=O) groups excluding carboxylic acids is 1. The van der Waals surface area contributed by atoms with E-state index in [0.717, 1.165) is 11.3 Å². The van der Waals surface area contributed by atoms with Crippen LogP contribution in [0.5, 0.6) is 0 Å². The van der Waals surface area contributed by atoms with E-state index in [4.69, 9.17) is 4.74 Å². The Morgan fingerprint density at radius 3 is 2.96 bits per heavy atom. The van der Waals surface area contributed by atoms with Gasteiger partial charge < -0.3 is 10.1 Å². The van der Waals surface area contributed by atoms with E-state index in [0.29, 0.717) is 35.3 Å². The maximum atomic E-state index is 13.6. The van der Waals surface area contributed by atoms with Crippen LogP contribution in [0.1, 0.15) is 16.8 Å². The van der Waals surface area contributed by atoms with Gasteiger partial charge in [-0.2, -0.15) is 0 Å². The Bertz CT molecular complexity index is 850. The number of fused-ring (bicyclic) bond motifs is 1. The van der Waals surface area contributed by atoms with Gasteiger partial charge in [-0.15, -0.1) is 11.3 Å². The summed E-state index contributed by atoms with van der Waals surface area (Å²) in [5.74, 6) is -0.622. The molecule has 3 rings (SSSR count). The Morgan fingerprint density at radius 1 is 1.33 bits per heavy atom. The first-order chi connectivity index (χ1) is 11.7. The number of methoxy groups -OCH3 is 1. The number of pyridine rings is 1. The lowest BCUT2D eigenvalue weighted by Gasteiger charge is -2.10. The molecule has 124 valence electrons. The number of nitrogens with one attached hydrogen (secondary N) is 1. The molecule has 2 aromatic heterocycles. The first-order valence-electron chi connectivity index (χ1n) is 7.60. The van der Waals surface area contributed by atoms with E-state index in [9.17, 15) is 9.18 Å². The Morgan fingerprint density at radius 2 is 2.21 bits per heavy atom. The van der Waals surface area contributed by atoms with Crippen molar-refractivity contribution in [2.24, 2.45) is 0 Å². The van der Waals surface area contributed by atoms with Gasteiger partial charge in [0, 0.05) is 25.6 Å². The summed E-state index contributed by atoms with van der Waals surface area (Å²) in [7, 11) is 1.62. The van der Waals surface area contributed by atoms with Crippen LogP contribution in [-0.2, 0) is 4.74 Å². The van der Waals surface area contributed by atoms with Gasteiger partial charge in [0.15, 0.2) is 0 Å². The summed E-state index contributed by atoms with van der Waals surface area (Å²) in [4.78, 5) is 18.1. The fourth-order valence-corrected chi connectivity index (χ4v) is 3.14. The van der Waals surface area contributed by atoms with E-state index in [1.54, 1.807) is 30.6 Å². The van der Waals surface area contributed by atoms with Gasteiger partial charge in [-0.25, -0.2) is 9.37 Å². The second kappa shape index (κ2) is 7.51. The molecule has 24 heavy (non-hydrogen) atoms. The molecule has 1 N–H and O–H groups in total. The third kappa shape index (κ3) is 3.60. The van der Waals surface area contributed by atoms with E-state index in [1.807, 2.05) is 17.5 Å². The molecule has 0 aliphatic heterocycles. The molecular weight excluding hydrogens is 327 g/mol. The first kappa shape index (κ1) is 16.5. The molecule has 6 heteroatoms. The summed E-state index contributed by atoms with van der Waals surface area (Å²) in [6, 6.07) is 9.91. The average Bonchev–Trinajstić information content (AvgIpc) is 3.12. The molecule has 0 saturated carbocycles. The first-order valence-corrected chi connectivity index (χ1v) is 8.48. The molecule has 0 radical (unpaired) electrons. The summed E-state index contributed by atoms with van der Waals surface area (Å²) in [5, 5.41) is 5.32. The highest BCUT2D eigenvalue weighted by molar-refractivity contribution is 7.13. The third-order valence-corrected chi connectivity index (χ3v) is 4.49. The quantitative estimate of drug-likeness (QED) is 0.691. The van der Waals surface area contributed by atoms with Gasteiger partial charge in [-0.05, 0) is 42.1 Å². The molecular formula is C18H17FN2O2S. The molecule has 0 atom stereocenters. The number of carbonyl (C=O) groups is 1. The fourth-order valence-electron chi connectivity index (χ4n) is 2.45. The van der Waals surface area contributed by atoms with Gasteiger partial charge in [0.05, 0.1) is 21.7 Å². The minimum absolute atomic E-state index is 0.234. The maximum absolute atomic E-state index is 13.6. The molecule has 0 unspecified atom stereocenters. The highest BCUT2D eigenvalue weighted by Gasteiger charge is 2.15. The molecule has 0 fully saturated rings. The highest BCUT2D eigenvalue weighted by Crippen LogP contribution is 2.28. The Labute approximate surface area is 143 Å². The Kier molecular flexibility index (Phi) is 5.17. The number of amides is 1. The van der Waals surface area contributed by atoms with Crippen molar-refractivity contribution in [2.75, 3.05) is 20.3 Å². The number of hydrogen-bond donors (Lipinski definition) is 1. The highest BCUT2D eigenvalue weighted by atomic mass is 32.1. The van der Waals surface area contributed by atoms with Crippen molar-refractivity contribution in [3.63, 3.8) is 0 Å². The predicted octanol–water partition coefficient (Wildman–Crippen LogP) is 3.87. The van der Waals surface area contributed by atoms with Crippen molar-refractivity contribution in [2.45, 2.75) is 6.42 Å². The van der Waals surface area contributed by atoms with E-state index in [1.165, 1.54) is 12.1 Å². The second-order valence-electron chi connectivity index (χ2n) is 5.30. The smallest absolute Gasteiger partial charge is 0.252 e. The van der Waals surface area contributed by atoms with Crippen LogP contribution in [0.2, 0.25) is 0 Å². The van der Waals surface area contributed by atoms with Gasteiger partial charge in [-0.3, -0.25) is 4.79 Å². The van der Waals surface area contributed by atoms with Gasteiger partial charge in [0.25, 0.3) is 5.91 Å². The van der Waals surface area contributed by atoms with Crippen LogP contribution in [0.25, 0.3) is 21.5 Å². The molecule has 4 nitrogen and oxygen atoms in total. The van der Waals surface area contributed by atoms with Gasteiger partial charge in [0.1, 0.15) is 5.82 Å². The van der Waals surface area contributed by atoms with E-state index in [2.05, 4.69) is 10.3 Å². The minimum Gasteiger partial charge on any atom is -0.385 e. The minimum atomic E-state index is -0.387. The lowest BCUT2D eigenvalue weighted by molar-refractivity contribution is 0.0950. The molecule has 2 heterocycles. The third-order valence-electron chi connectivity index (χ3n) is 3.60. The van der Waals surface area contributed by atoms with E-state index >= 15 is 0 Å². The number of ether oxygens (including phenoxy) is 1. The van der Waals surface area contributed by atoms with Crippen LogP contribution in [-0.4, -0.2) is 31.2 Å². The van der Waals surface area contributed by atoms with Crippen LogP contribution in [0.15, 0.2) is 41.8 Å². The maximum Gasteiger partial charge on any atom is 0.252 e. The number of hydrogen-bond acceptors (Lipinski definition) is 4. The Hall–Kier alpha value is -2.31. The number of halogens is 1. The summed E-state index contributed by atoms with van der Waals surface area (Å²) in [6.07, 6.45) is 0.720.